The largest absolute Gasteiger partial charge is 0.457 e. The number of carbonyl (C=O) groups excluding carboxylic acids is 6. The summed E-state index contributed by atoms with van der Waals surface area (Å²) in [6.45, 7) is 3.21. The van der Waals surface area contributed by atoms with Crippen LogP contribution in [0.15, 0.2) is 0 Å². The summed E-state index contributed by atoms with van der Waals surface area (Å²) in [4.78, 5) is 72.8. The second-order valence-electron chi connectivity index (χ2n) is 10.2. The van der Waals surface area contributed by atoms with Crippen LogP contribution in [-0.4, -0.2) is 136 Å². The second kappa shape index (κ2) is 17.4. The van der Waals surface area contributed by atoms with Gasteiger partial charge in [0.15, 0.2) is 30.7 Å². The molecule has 2 heterocycles. The minimum atomic E-state index is -5.22. The van der Waals surface area contributed by atoms with Crippen LogP contribution in [0, 0.1) is 0 Å². The van der Waals surface area contributed by atoms with Crippen molar-refractivity contribution in [3.8, 4) is 0 Å². The first-order chi connectivity index (χ1) is 22.5. The van der Waals surface area contributed by atoms with Gasteiger partial charge in [-0.1, -0.05) is 0 Å². The third-order valence-corrected chi connectivity index (χ3v) is 7.02. The Morgan fingerprint density at radius 1 is 0.551 bits per heavy atom. The van der Waals surface area contributed by atoms with Crippen LogP contribution in [-0.2, 0) is 95.8 Å². The van der Waals surface area contributed by atoms with E-state index in [4.69, 9.17) is 37.9 Å². The molecule has 2 fully saturated rings. The fourth-order valence-electron chi connectivity index (χ4n) is 4.75. The average molecular weight is 754 g/mol. The lowest BCUT2D eigenvalue weighted by Crippen LogP contribution is -2.69. The van der Waals surface area contributed by atoms with Crippen LogP contribution in [0.1, 0.15) is 41.5 Å². The Morgan fingerprint density at radius 3 is 1.37 bits per heavy atom. The predicted octanol–water partition coefficient (Wildman–Crippen LogP) is -2.75. The lowest BCUT2D eigenvalue weighted by atomic mass is 9.94. The van der Waals surface area contributed by atoms with Gasteiger partial charge >= 0.3 is 50.6 Å². The number of ether oxygens (including phenoxy) is 8. The number of amides is 1. The van der Waals surface area contributed by atoms with Crippen molar-refractivity contribution >= 4 is 56.6 Å². The molecule has 1 unspecified atom stereocenters. The normalized spacial score (nSPS) is 30.3. The van der Waals surface area contributed by atoms with Crippen molar-refractivity contribution in [3.63, 3.8) is 0 Å². The molecular weight excluding hydrogens is 718 g/mol. The molecular formula is C24H35NO22S2. The number of esters is 5. The first-order valence-electron chi connectivity index (χ1n) is 13.8. The van der Waals surface area contributed by atoms with Gasteiger partial charge < -0.3 is 43.2 Å². The molecule has 0 bridgehead atoms. The molecule has 23 nitrogen and oxygen atoms in total. The van der Waals surface area contributed by atoms with Crippen molar-refractivity contribution in [2.45, 2.75) is 103 Å². The summed E-state index contributed by atoms with van der Waals surface area (Å²) >= 11 is 0. The van der Waals surface area contributed by atoms with Gasteiger partial charge in [0, 0.05) is 41.5 Å². The van der Waals surface area contributed by atoms with Gasteiger partial charge in [-0.25, -0.2) is 8.37 Å². The minimum absolute atomic E-state index is 0.803. The van der Waals surface area contributed by atoms with Crippen LogP contribution in [0.5, 0.6) is 0 Å². The molecule has 49 heavy (non-hydrogen) atoms. The van der Waals surface area contributed by atoms with Crippen molar-refractivity contribution in [2.24, 2.45) is 0 Å². The minimum Gasteiger partial charge on any atom is -0.457 e. The Kier molecular flexibility index (Phi) is 14.8. The van der Waals surface area contributed by atoms with Crippen LogP contribution < -0.4 is 5.32 Å². The quantitative estimate of drug-likeness (QED) is 0.0920. The fourth-order valence-corrected chi connectivity index (χ4v) is 5.36. The SMILES string of the molecule is CC(=O)N[C@H]1[C@H](OC(C)=O)O[C@H](COS(=O)(=O)O)[C@@H](O[C@@H]2O[C@H](COS(=O)(=O)O)[C@H](OC(C)=O)[C@H](OC(C)=O)C2OC(C)=O)[C@@H]1OC(C)=O. The van der Waals surface area contributed by atoms with Crippen LogP contribution in [0.2, 0.25) is 0 Å². The maximum Gasteiger partial charge on any atom is 0.397 e. The smallest absolute Gasteiger partial charge is 0.397 e. The summed E-state index contributed by atoms with van der Waals surface area (Å²) in [5, 5.41) is 2.33. The molecule has 3 N–H and O–H groups in total. The van der Waals surface area contributed by atoms with Crippen LogP contribution in [0.25, 0.3) is 0 Å². The molecule has 0 spiro atoms. The third kappa shape index (κ3) is 13.7. The van der Waals surface area contributed by atoms with Gasteiger partial charge in [0.25, 0.3) is 0 Å². The molecule has 2 rings (SSSR count). The van der Waals surface area contributed by atoms with Gasteiger partial charge in [-0.2, -0.15) is 16.8 Å². The van der Waals surface area contributed by atoms with Crippen molar-refractivity contribution < 1.29 is 101 Å². The highest BCUT2D eigenvalue weighted by atomic mass is 32.3. The number of carbonyl (C=O) groups is 6. The van der Waals surface area contributed by atoms with E-state index in [0.29, 0.717) is 0 Å². The van der Waals surface area contributed by atoms with Gasteiger partial charge in [-0.15, -0.1) is 0 Å². The first kappa shape index (κ1) is 41.6. The van der Waals surface area contributed by atoms with Crippen molar-refractivity contribution in [1.29, 1.82) is 0 Å². The van der Waals surface area contributed by atoms with E-state index in [1.54, 1.807) is 0 Å². The molecule has 0 saturated carbocycles. The maximum atomic E-state index is 12.3. The number of rotatable bonds is 14. The van der Waals surface area contributed by atoms with Crippen molar-refractivity contribution in [3.05, 3.63) is 0 Å². The zero-order valence-corrected chi connectivity index (χ0v) is 28.2. The van der Waals surface area contributed by atoms with E-state index < -0.39 is 131 Å². The summed E-state index contributed by atoms with van der Waals surface area (Å²) in [6.07, 6.45) is -17.1. The molecule has 0 aliphatic carbocycles. The molecule has 0 aromatic rings. The lowest BCUT2D eigenvalue weighted by molar-refractivity contribution is -0.346. The zero-order valence-electron chi connectivity index (χ0n) is 26.6. The number of hydrogen-bond acceptors (Lipinski definition) is 20. The van der Waals surface area contributed by atoms with Crippen molar-refractivity contribution in [2.75, 3.05) is 13.2 Å². The van der Waals surface area contributed by atoms with Crippen LogP contribution in [0.3, 0.4) is 0 Å². The summed E-state index contributed by atoms with van der Waals surface area (Å²) in [7, 11) is -10.4. The van der Waals surface area contributed by atoms with Gasteiger partial charge in [0.05, 0.1) is 13.2 Å². The third-order valence-electron chi connectivity index (χ3n) is 6.15. The van der Waals surface area contributed by atoms with E-state index >= 15 is 0 Å². The molecule has 2 aliphatic heterocycles. The molecule has 2 aliphatic rings. The van der Waals surface area contributed by atoms with E-state index in [0.717, 1.165) is 41.5 Å². The summed E-state index contributed by atoms with van der Waals surface area (Å²) in [5.74, 6) is -6.05. The first-order valence-corrected chi connectivity index (χ1v) is 16.5. The Labute approximate surface area is 278 Å². The summed E-state index contributed by atoms with van der Waals surface area (Å²) in [6, 6.07) is -1.63. The number of hydrogen-bond donors (Lipinski definition) is 3. The Bertz CT molecular complexity index is 1460. The van der Waals surface area contributed by atoms with E-state index in [1.807, 2.05) is 0 Å². The second-order valence-corrected chi connectivity index (χ2v) is 12.4. The molecule has 0 aromatic heterocycles. The molecule has 2 saturated heterocycles. The lowest BCUT2D eigenvalue weighted by Gasteiger charge is -2.48. The molecule has 0 aromatic carbocycles. The topological polar surface area (TPSA) is 315 Å². The highest BCUT2D eigenvalue weighted by Crippen LogP contribution is 2.35. The summed E-state index contributed by atoms with van der Waals surface area (Å²) in [5.41, 5.74) is 0. The van der Waals surface area contributed by atoms with Gasteiger partial charge in [0.1, 0.15) is 24.4 Å². The Balaban J connectivity index is 2.79. The monoisotopic (exact) mass is 753 g/mol. The van der Waals surface area contributed by atoms with Gasteiger partial charge in [-0.05, 0) is 0 Å². The van der Waals surface area contributed by atoms with Crippen LogP contribution in [0.4, 0.5) is 0 Å². The molecule has 25 heteroatoms. The highest BCUT2D eigenvalue weighted by molar-refractivity contribution is 7.81. The van der Waals surface area contributed by atoms with Gasteiger partial charge in [0.2, 0.25) is 12.2 Å². The van der Waals surface area contributed by atoms with E-state index in [9.17, 15) is 54.7 Å². The fraction of sp³-hybridized carbons (Fsp3) is 0.750. The van der Waals surface area contributed by atoms with Crippen LogP contribution >= 0.6 is 0 Å². The van der Waals surface area contributed by atoms with E-state index in [1.165, 1.54) is 0 Å². The van der Waals surface area contributed by atoms with Crippen molar-refractivity contribution in [1.82, 2.24) is 5.32 Å². The number of nitrogens with one attached hydrogen (secondary N) is 1. The molecule has 1 amide bonds. The Morgan fingerprint density at radius 2 is 0.939 bits per heavy atom. The standard InChI is InChI=1S/C24H35NO22S2/c1-9(26)25-17-20(41-11(3)28)18(15(7-38-48(32,33)34)45-23(17)44-14(6)31)47-24-22(43-13(5)30)21(42-12(4)29)19(40-10(2)27)16(46-24)8-39-49(35,36)37/h15-24H,7-8H2,1-6H3,(H,25,26)(H,32,33,34)(H,35,36,37)/t15-,16-,17-,18-,19+,20-,21+,22?,23-,24+/m1/s1. The molecule has 0 radical (unpaired) electrons. The predicted molar refractivity (Wildman–Crippen MR) is 149 cm³/mol. The molecule has 280 valence electrons. The maximum absolute atomic E-state index is 12.3. The van der Waals surface area contributed by atoms with E-state index in [2.05, 4.69) is 13.7 Å². The summed E-state index contributed by atoms with van der Waals surface area (Å²) < 4.78 is 117. The van der Waals surface area contributed by atoms with E-state index in [-0.39, 0.29) is 0 Å². The average Bonchev–Trinajstić information content (AvgIpc) is 2.90. The Hall–Kier alpha value is -3.56. The highest BCUT2D eigenvalue weighted by Gasteiger charge is 2.57. The van der Waals surface area contributed by atoms with Gasteiger partial charge in [-0.3, -0.25) is 37.9 Å². The zero-order chi connectivity index (χ0) is 37.4. The molecule has 10 atom stereocenters.